The summed E-state index contributed by atoms with van der Waals surface area (Å²) < 4.78 is 13.2. The van der Waals surface area contributed by atoms with Crippen molar-refractivity contribution in [3.63, 3.8) is 0 Å². The monoisotopic (exact) mass is 242 g/mol. The Labute approximate surface area is 98.9 Å². The van der Waals surface area contributed by atoms with Crippen LogP contribution >= 0.6 is 11.8 Å². The fraction of sp³-hybridized carbons (Fsp3) is 0.417. The van der Waals surface area contributed by atoms with Gasteiger partial charge in [-0.1, -0.05) is 19.1 Å². The maximum absolute atomic E-state index is 13.2. The van der Waals surface area contributed by atoms with Gasteiger partial charge in [-0.15, -0.1) is 0 Å². The van der Waals surface area contributed by atoms with Crippen LogP contribution in [0.15, 0.2) is 24.3 Å². The van der Waals surface area contributed by atoms with E-state index in [4.69, 9.17) is 5.11 Å². The van der Waals surface area contributed by atoms with Gasteiger partial charge in [0.15, 0.2) is 5.78 Å². The zero-order valence-corrected chi connectivity index (χ0v) is 9.97. The summed E-state index contributed by atoms with van der Waals surface area (Å²) in [5.74, 6) is 0.456. The topological polar surface area (TPSA) is 37.3 Å². The number of carbonyl (C=O) groups excluding carboxylic acids is 1. The van der Waals surface area contributed by atoms with E-state index in [0.29, 0.717) is 5.75 Å². The highest BCUT2D eigenvalue weighted by atomic mass is 32.2. The second-order valence-corrected chi connectivity index (χ2v) is 4.74. The number of halogens is 1. The third-order valence-corrected chi connectivity index (χ3v) is 3.39. The Bertz CT molecular complexity index is 355. The third-order valence-electron chi connectivity index (χ3n) is 2.12. The Balaban J connectivity index is 2.44. The smallest absolute Gasteiger partial charge is 0.175 e. The first-order valence-corrected chi connectivity index (χ1v) is 6.27. The molecule has 0 spiro atoms. The number of hydrogen-bond donors (Lipinski definition) is 1. The van der Waals surface area contributed by atoms with Crippen LogP contribution in [0, 0.1) is 11.7 Å². The van der Waals surface area contributed by atoms with Gasteiger partial charge in [0.2, 0.25) is 0 Å². The predicted octanol–water partition coefficient (Wildman–Crippen LogP) is 2.37. The lowest BCUT2D eigenvalue weighted by atomic mass is 10.1. The Hall–Kier alpha value is -0.870. The highest BCUT2D eigenvalue weighted by Gasteiger charge is 2.11. The molecule has 1 aromatic rings. The van der Waals surface area contributed by atoms with E-state index in [2.05, 4.69) is 0 Å². The molecule has 0 amide bonds. The van der Waals surface area contributed by atoms with Crippen molar-refractivity contribution in [3.05, 3.63) is 35.6 Å². The van der Waals surface area contributed by atoms with Crippen molar-refractivity contribution < 1.29 is 14.3 Å². The molecule has 0 aliphatic rings. The van der Waals surface area contributed by atoms with Crippen LogP contribution in [-0.4, -0.2) is 29.0 Å². The molecule has 0 bridgehead atoms. The van der Waals surface area contributed by atoms with E-state index in [-0.39, 0.29) is 29.6 Å². The Kier molecular flexibility index (Phi) is 5.49. The van der Waals surface area contributed by atoms with E-state index in [1.54, 1.807) is 12.1 Å². The maximum Gasteiger partial charge on any atom is 0.175 e. The summed E-state index contributed by atoms with van der Waals surface area (Å²) >= 11 is 1.42. The molecule has 0 aliphatic carbocycles. The fourth-order valence-corrected chi connectivity index (χ4v) is 2.14. The van der Waals surface area contributed by atoms with Gasteiger partial charge in [0, 0.05) is 6.61 Å². The van der Waals surface area contributed by atoms with Crippen LogP contribution in [0.1, 0.15) is 17.3 Å². The van der Waals surface area contributed by atoms with Crippen molar-refractivity contribution in [2.24, 2.45) is 5.92 Å². The Morgan fingerprint density at radius 2 is 2.19 bits per heavy atom. The Morgan fingerprint density at radius 3 is 2.81 bits per heavy atom. The van der Waals surface area contributed by atoms with Crippen LogP contribution in [0.2, 0.25) is 0 Å². The molecule has 1 atom stereocenters. The van der Waals surface area contributed by atoms with Gasteiger partial charge in [-0.3, -0.25) is 4.79 Å². The molecule has 0 aliphatic heterocycles. The fourth-order valence-electron chi connectivity index (χ4n) is 1.17. The first-order valence-electron chi connectivity index (χ1n) is 5.11. The lowest BCUT2D eigenvalue weighted by Crippen LogP contribution is -2.09. The quantitative estimate of drug-likeness (QED) is 0.778. The average molecular weight is 242 g/mol. The van der Waals surface area contributed by atoms with Crippen molar-refractivity contribution >= 4 is 17.5 Å². The first-order chi connectivity index (χ1) is 7.65. The van der Waals surface area contributed by atoms with Crippen molar-refractivity contribution in [2.75, 3.05) is 18.1 Å². The lowest BCUT2D eigenvalue weighted by Gasteiger charge is -2.06. The molecule has 0 saturated carbocycles. The maximum atomic E-state index is 13.2. The van der Waals surface area contributed by atoms with Gasteiger partial charge < -0.3 is 5.11 Å². The molecule has 1 unspecified atom stereocenters. The van der Waals surface area contributed by atoms with Gasteiger partial charge in [0.05, 0.1) is 11.3 Å². The summed E-state index contributed by atoms with van der Waals surface area (Å²) in [5.41, 5.74) is 0.145. The summed E-state index contributed by atoms with van der Waals surface area (Å²) in [7, 11) is 0. The number of hydrogen-bond acceptors (Lipinski definition) is 3. The molecular formula is C12H15FO2S. The van der Waals surface area contributed by atoms with Crippen LogP contribution < -0.4 is 0 Å². The van der Waals surface area contributed by atoms with Gasteiger partial charge in [0.25, 0.3) is 0 Å². The van der Waals surface area contributed by atoms with E-state index in [1.807, 2.05) is 6.92 Å². The number of rotatable bonds is 6. The van der Waals surface area contributed by atoms with E-state index < -0.39 is 5.82 Å². The molecule has 88 valence electrons. The van der Waals surface area contributed by atoms with Gasteiger partial charge in [-0.2, -0.15) is 11.8 Å². The first kappa shape index (κ1) is 13.2. The van der Waals surface area contributed by atoms with E-state index in [0.717, 1.165) is 0 Å². The number of aliphatic hydroxyl groups excluding tert-OH is 1. The highest BCUT2D eigenvalue weighted by Crippen LogP contribution is 2.13. The second kappa shape index (κ2) is 6.66. The van der Waals surface area contributed by atoms with Crippen LogP contribution in [-0.2, 0) is 0 Å². The van der Waals surface area contributed by atoms with E-state index in [1.165, 1.54) is 23.9 Å². The molecule has 0 saturated heterocycles. The minimum Gasteiger partial charge on any atom is -0.396 e. The summed E-state index contributed by atoms with van der Waals surface area (Å²) in [6.07, 6.45) is 0. The highest BCUT2D eigenvalue weighted by molar-refractivity contribution is 7.99. The summed E-state index contributed by atoms with van der Waals surface area (Å²) in [5, 5.41) is 8.80. The Morgan fingerprint density at radius 1 is 1.50 bits per heavy atom. The SMILES string of the molecule is CC(CO)CSCC(=O)c1ccccc1F. The van der Waals surface area contributed by atoms with Crippen LogP contribution in [0.4, 0.5) is 4.39 Å². The predicted molar refractivity (Wildman–Crippen MR) is 64.3 cm³/mol. The zero-order valence-electron chi connectivity index (χ0n) is 9.15. The zero-order chi connectivity index (χ0) is 12.0. The van der Waals surface area contributed by atoms with Crippen molar-refractivity contribution in [3.8, 4) is 0 Å². The standard InChI is InChI=1S/C12H15FO2S/c1-9(6-14)7-16-8-12(15)10-4-2-3-5-11(10)13/h2-5,9,14H,6-8H2,1H3. The molecule has 2 nitrogen and oxygen atoms in total. The van der Waals surface area contributed by atoms with Crippen molar-refractivity contribution in [1.29, 1.82) is 0 Å². The molecule has 0 heterocycles. The largest absolute Gasteiger partial charge is 0.396 e. The molecule has 1 aromatic carbocycles. The van der Waals surface area contributed by atoms with Gasteiger partial charge >= 0.3 is 0 Å². The lowest BCUT2D eigenvalue weighted by molar-refractivity contribution is 0.101. The van der Waals surface area contributed by atoms with Gasteiger partial charge in [-0.05, 0) is 23.8 Å². The normalized spacial score (nSPS) is 12.4. The van der Waals surface area contributed by atoms with E-state index >= 15 is 0 Å². The van der Waals surface area contributed by atoms with Gasteiger partial charge in [0.1, 0.15) is 5.82 Å². The molecule has 0 aromatic heterocycles. The summed E-state index contributed by atoms with van der Waals surface area (Å²) in [6, 6.07) is 5.99. The molecule has 16 heavy (non-hydrogen) atoms. The van der Waals surface area contributed by atoms with E-state index in [9.17, 15) is 9.18 Å². The molecular weight excluding hydrogens is 227 g/mol. The third kappa shape index (κ3) is 3.94. The number of Topliss-reactive ketones (excluding diaryl/α,β-unsaturated/α-hetero) is 1. The van der Waals surface area contributed by atoms with Crippen LogP contribution in [0.3, 0.4) is 0 Å². The second-order valence-electron chi connectivity index (χ2n) is 3.71. The molecule has 1 N–H and O–H groups in total. The molecule has 1 rings (SSSR count). The molecule has 4 heteroatoms. The number of thioether (sulfide) groups is 1. The molecule has 0 fully saturated rings. The number of aliphatic hydroxyl groups is 1. The number of carbonyl (C=O) groups is 1. The van der Waals surface area contributed by atoms with Crippen LogP contribution in [0.25, 0.3) is 0 Å². The van der Waals surface area contributed by atoms with Crippen molar-refractivity contribution in [2.45, 2.75) is 6.92 Å². The van der Waals surface area contributed by atoms with Crippen molar-refractivity contribution in [1.82, 2.24) is 0 Å². The summed E-state index contributed by atoms with van der Waals surface area (Å²) in [4.78, 5) is 11.6. The molecule has 0 radical (unpaired) electrons. The average Bonchev–Trinajstić information content (AvgIpc) is 2.29. The van der Waals surface area contributed by atoms with Crippen LogP contribution in [0.5, 0.6) is 0 Å². The minimum atomic E-state index is -0.469. The summed E-state index contributed by atoms with van der Waals surface area (Å²) in [6.45, 7) is 2.02. The minimum absolute atomic E-state index is 0.112. The van der Waals surface area contributed by atoms with Gasteiger partial charge in [-0.25, -0.2) is 4.39 Å². The number of benzene rings is 1. The number of ketones is 1.